The van der Waals surface area contributed by atoms with Crippen molar-refractivity contribution in [3.63, 3.8) is 0 Å². The molecule has 1 aliphatic heterocycles. The molecule has 0 saturated carbocycles. The standard InChI is InChI=1S/C14H14NO3.C2H6.Y/c16-10-12-5-3-11(4-6-12)2-1-9-15-13(17)7-8-14(15)18;1-2;/h3,5-6,10H,1-2,7-9H2;1-2H3;/q-1;;. The number of benzene rings is 1. The van der Waals surface area contributed by atoms with Crippen LogP contribution in [0.1, 0.15) is 49.0 Å². The molecule has 21 heavy (non-hydrogen) atoms. The van der Waals surface area contributed by atoms with Crippen molar-refractivity contribution in [1.82, 2.24) is 4.90 Å². The Balaban J connectivity index is 0.00000128. The fraction of sp³-hybridized carbons (Fsp3) is 0.438. The summed E-state index contributed by atoms with van der Waals surface area (Å²) in [6.07, 6.45) is 2.95. The maximum Gasteiger partial charge on any atom is 0.229 e. The minimum atomic E-state index is -0.0692. The van der Waals surface area contributed by atoms with Crippen LogP contribution in [0.15, 0.2) is 18.2 Å². The Morgan fingerprint density at radius 2 is 1.81 bits per heavy atom. The zero-order valence-corrected chi connectivity index (χ0v) is 15.4. The number of nitrogens with zero attached hydrogens (tertiary/aromatic N) is 1. The average molecular weight is 363 g/mol. The molecule has 0 aliphatic carbocycles. The molecule has 4 nitrogen and oxygen atoms in total. The SMILES string of the molecule is CC.O=Cc1c[c-]c(CCCN2C(=O)CCC2=O)cc1.[Y]. The van der Waals surface area contributed by atoms with Gasteiger partial charge >= 0.3 is 0 Å². The number of amides is 2. The van der Waals surface area contributed by atoms with Crippen molar-refractivity contribution in [2.75, 3.05) is 6.54 Å². The van der Waals surface area contributed by atoms with Gasteiger partial charge in [0.25, 0.3) is 0 Å². The van der Waals surface area contributed by atoms with E-state index < -0.39 is 0 Å². The van der Waals surface area contributed by atoms with E-state index in [0.29, 0.717) is 24.9 Å². The van der Waals surface area contributed by atoms with Crippen molar-refractivity contribution in [2.45, 2.75) is 39.5 Å². The largest absolute Gasteiger partial charge is 0.312 e. The van der Waals surface area contributed by atoms with E-state index in [1.807, 2.05) is 19.9 Å². The number of hydrogen-bond donors (Lipinski definition) is 0. The first-order valence-electron chi connectivity index (χ1n) is 6.99. The summed E-state index contributed by atoms with van der Waals surface area (Å²) >= 11 is 0. The zero-order valence-electron chi connectivity index (χ0n) is 12.6. The molecular formula is C16H20NO3Y-. The molecule has 0 aromatic heterocycles. The molecule has 1 aliphatic rings. The van der Waals surface area contributed by atoms with Gasteiger partial charge in [-0.3, -0.25) is 14.5 Å². The molecule has 1 aromatic rings. The van der Waals surface area contributed by atoms with Crippen molar-refractivity contribution in [1.29, 1.82) is 0 Å². The fourth-order valence-electron chi connectivity index (χ4n) is 2.00. The Labute approximate surface area is 151 Å². The second kappa shape index (κ2) is 10.8. The smallest absolute Gasteiger partial charge is 0.229 e. The van der Waals surface area contributed by atoms with Gasteiger partial charge < -0.3 is 4.79 Å². The van der Waals surface area contributed by atoms with Crippen LogP contribution >= 0.6 is 0 Å². The Kier molecular flexibility index (Phi) is 10.4. The Morgan fingerprint density at radius 1 is 1.19 bits per heavy atom. The van der Waals surface area contributed by atoms with E-state index in [0.717, 1.165) is 24.7 Å². The number of likely N-dealkylation sites (tertiary alicyclic amines) is 1. The van der Waals surface area contributed by atoms with Gasteiger partial charge in [0.15, 0.2) is 0 Å². The van der Waals surface area contributed by atoms with E-state index in [1.165, 1.54) is 4.90 Å². The number of imide groups is 1. The zero-order chi connectivity index (χ0) is 15.0. The predicted molar refractivity (Wildman–Crippen MR) is 76.3 cm³/mol. The normalized spacial score (nSPS) is 13.3. The fourth-order valence-corrected chi connectivity index (χ4v) is 2.00. The van der Waals surface area contributed by atoms with Gasteiger partial charge in [0, 0.05) is 52.1 Å². The number of rotatable bonds is 5. The van der Waals surface area contributed by atoms with Crippen LogP contribution in [-0.4, -0.2) is 29.5 Å². The average Bonchev–Trinajstić information content (AvgIpc) is 2.82. The van der Waals surface area contributed by atoms with Gasteiger partial charge in [0.1, 0.15) is 0 Å². The van der Waals surface area contributed by atoms with E-state index >= 15 is 0 Å². The summed E-state index contributed by atoms with van der Waals surface area (Å²) in [4.78, 5) is 34.5. The number of aldehydes is 1. The Hall–Kier alpha value is -0.866. The molecule has 2 rings (SSSR count). The minimum absolute atomic E-state index is 0. The van der Waals surface area contributed by atoms with Gasteiger partial charge in [0.2, 0.25) is 11.8 Å². The van der Waals surface area contributed by atoms with E-state index in [2.05, 4.69) is 6.07 Å². The van der Waals surface area contributed by atoms with Crippen LogP contribution in [0.3, 0.4) is 0 Å². The molecule has 1 fully saturated rings. The number of aryl methyl sites for hydroxylation is 1. The van der Waals surface area contributed by atoms with Crippen LogP contribution in [-0.2, 0) is 48.7 Å². The number of hydrogen-bond acceptors (Lipinski definition) is 3. The molecule has 111 valence electrons. The molecule has 1 heterocycles. The summed E-state index contributed by atoms with van der Waals surface area (Å²) in [5.74, 6) is -0.138. The quantitative estimate of drug-likeness (QED) is 0.459. The maximum absolute atomic E-state index is 11.4. The van der Waals surface area contributed by atoms with Gasteiger partial charge in [-0.15, -0.1) is 0 Å². The molecule has 0 N–H and O–H groups in total. The van der Waals surface area contributed by atoms with E-state index in [1.54, 1.807) is 12.1 Å². The Morgan fingerprint density at radius 3 is 2.29 bits per heavy atom. The van der Waals surface area contributed by atoms with E-state index in [4.69, 9.17) is 0 Å². The van der Waals surface area contributed by atoms with Crippen molar-refractivity contribution < 1.29 is 47.1 Å². The predicted octanol–water partition coefficient (Wildman–Crippen LogP) is 2.40. The van der Waals surface area contributed by atoms with Crippen LogP contribution < -0.4 is 0 Å². The monoisotopic (exact) mass is 363 g/mol. The van der Waals surface area contributed by atoms with Gasteiger partial charge in [-0.05, 0) is 12.8 Å². The van der Waals surface area contributed by atoms with Crippen LogP contribution in [0.2, 0.25) is 0 Å². The minimum Gasteiger partial charge on any atom is -0.312 e. The van der Waals surface area contributed by atoms with Gasteiger partial charge in [-0.1, -0.05) is 19.4 Å². The summed E-state index contributed by atoms with van der Waals surface area (Å²) in [6, 6.07) is 8.25. The third-order valence-corrected chi connectivity index (χ3v) is 3.02. The van der Waals surface area contributed by atoms with E-state index in [-0.39, 0.29) is 44.5 Å². The summed E-state index contributed by atoms with van der Waals surface area (Å²) in [5, 5.41) is 0. The third-order valence-electron chi connectivity index (χ3n) is 3.02. The molecular weight excluding hydrogens is 343 g/mol. The summed E-state index contributed by atoms with van der Waals surface area (Å²) in [7, 11) is 0. The van der Waals surface area contributed by atoms with Crippen LogP contribution in [0.25, 0.3) is 0 Å². The van der Waals surface area contributed by atoms with E-state index in [9.17, 15) is 14.4 Å². The molecule has 5 heteroatoms. The molecule has 1 saturated heterocycles. The number of carbonyl (C=O) groups is 3. The third kappa shape index (κ3) is 6.19. The van der Waals surface area contributed by atoms with Crippen LogP contribution in [0.4, 0.5) is 0 Å². The molecule has 1 radical (unpaired) electrons. The molecule has 0 atom stereocenters. The molecule has 0 spiro atoms. The van der Waals surface area contributed by atoms with Crippen LogP contribution in [0, 0.1) is 6.07 Å². The molecule has 1 aromatic carbocycles. The molecule has 2 amide bonds. The maximum atomic E-state index is 11.4. The summed E-state index contributed by atoms with van der Waals surface area (Å²) in [5.41, 5.74) is 1.59. The first kappa shape index (κ1) is 20.1. The first-order chi connectivity index (χ1) is 9.70. The van der Waals surface area contributed by atoms with Crippen LogP contribution in [0.5, 0.6) is 0 Å². The first-order valence-corrected chi connectivity index (χ1v) is 6.99. The van der Waals surface area contributed by atoms with Crippen molar-refractivity contribution in [3.8, 4) is 0 Å². The topological polar surface area (TPSA) is 54.5 Å². The van der Waals surface area contributed by atoms with Crippen molar-refractivity contribution in [3.05, 3.63) is 35.4 Å². The molecule has 0 bridgehead atoms. The summed E-state index contributed by atoms with van der Waals surface area (Å²) < 4.78 is 0. The second-order valence-electron chi connectivity index (χ2n) is 4.31. The van der Waals surface area contributed by atoms with Gasteiger partial charge in [-0.25, -0.2) is 0 Å². The molecule has 0 unspecified atom stereocenters. The van der Waals surface area contributed by atoms with Gasteiger partial charge in [-0.2, -0.15) is 29.8 Å². The van der Waals surface area contributed by atoms with Crippen molar-refractivity contribution in [2.24, 2.45) is 0 Å². The van der Waals surface area contributed by atoms with Gasteiger partial charge in [0.05, 0.1) is 6.29 Å². The second-order valence-corrected chi connectivity index (χ2v) is 4.31. The summed E-state index contributed by atoms with van der Waals surface area (Å²) in [6.45, 7) is 4.47. The Bertz CT molecular complexity index is 455. The number of carbonyl (C=O) groups excluding carboxylic acids is 3. The van der Waals surface area contributed by atoms with Crippen molar-refractivity contribution >= 4 is 18.1 Å².